The smallest absolute Gasteiger partial charge is 0.162 e. The molecule has 0 fully saturated rings. The monoisotopic (exact) mass is 268 g/mol. The van der Waals surface area contributed by atoms with E-state index in [-0.39, 0.29) is 5.78 Å². The summed E-state index contributed by atoms with van der Waals surface area (Å²) in [4.78, 5) is 11.8. The first-order chi connectivity index (χ1) is 7.15. The molecule has 15 heavy (non-hydrogen) atoms. The molecular weight excluding hydrogens is 252 g/mol. The highest BCUT2D eigenvalue weighted by Crippen LogP contribution is 2.19. The molecule has 0 amide bonds. The number of ketones is 1. The topological polar surface area (TPSA) is 17.1 Å². The van der Waals surface area contributed by atoms with E-state index in [9.17, 15) is 4.79 Å². The van der Waals surface area contributed by atoms with E-state index in [0.717, 1.165) is 29.3 Å². The highest BCUT2D eigenvalue weighted by Gasteiger charge is 2.06. The molecule has 0 aliphatic carbocycles. The summed E-state index contributed by atoms with van der Waals surface area (Å²) in [6.45, 7) is 4.17. The molecule has 0 aliphatic rings. The number of carbonyl (C=O) groups excluding carboxylic acids is 1. The zero-order valence-corrected chi connectivity index (χ0v) is 10.9. The van der Waals surface area contributed by atoms with Gasteiger partial charge in [-0.15, -0.1) is 0 Å². The molecule has 1 nitrogen and oxygen atoms in total. The Bertz CT molecular complexity index is 344. The van der Waals surface area contributed by atoms with Crippen molar-refractivity contribution >= 4 is 21.7 Å². The van der Waals surface area contributed by atoms with Gasteiger partial charge in [-0.3, -0.25) is 4.79 Å². The van der Waals surface area contributed by atoms with Gasteiger partial charge in [-0.25, -0.2) is 0 Å². The fourth-order valence-corrected chi connectivity index (χ4v) is 1.82. The molecule has 0 aromatic heterocycles. The number of hydrogen-bond acceptors (Lipinski definition) is 1. The molecule has 2 heteroatoms. The number of unbranched alkanes of at least 4 members (excludes halogenated alkanes) is 2. The maximum Gasteiger partial charge on any atom is 0.162 e. The molecular formula is C13H17BrO. The van der Waals surface area contributed by atoms with Crippen LogP contribution in [0.25, 0.3) is 0 Å². The van der Waals surface area contributed by atoms with Crippen molar-refractivity contribution in [1.82, 2.24) is 0 Å². The van der Waals surface area contributed by atoms with Crippen LogP contribution in [0, 0.1) is 6.92 Å². The summed E-state index contributed by atoms with van der Waals surface area (Å²) in [6.07, 6.45) is 3.97. The van der Waals surface area contributed by atoms with Gasteiger partial charge in [-0.05, 0) is 25.0 Å². The van der Waals surface area contributed by atoms with E-state index in [0.29, 0.717) is 6.42 Å². The Kier molecular flexibility index (Phi) is 5.03. The fourth-order valence-electron chi connectivity index (χ4n) is 1.45. The van der Waals surface area contributed by atoms with Crippen molar-refractivity contribution in [2.75, 3.05) is 0 Å². The summed E-state index contributed by atoms with van der Waals surface area (Å²) >= 11 is 3.44. The van der Waals surface area contributed by atoms with Gasteiger partial charge in [0.25, 0.3) is 0 Å². The quantitative estimate of drug-likeness (QED) is 0.567. The van der Waals surface area contributed by atoms with Crippen molar-refractivity contribution in [1.29, 1.82) is 0 Å². The van der Waals surface area contributed by atoms with Crippen LogP contribution in [0.1, 0.15) is 48.5 Å². The van der Waals surface area contributed by atoms with E-state index in [4.69, 9.17) is 0 Å². The fraction of sp³-hybridized carbons (Fsp3) is 0.462. The molecule has 0 aliphatic heterocycles. The SMILES string of the molecule is CCCCCC(=O)c1ccc(C)c(Br)c1. The molecule has 1 aromatic carbocycles. The van der Waals surface area contributed by atoms with Crippen molar-refractivity contribution in [2.24, 2.45) is 0 Å². The van der Waals surface area contributed by atoms with Gasteiger partial charge >= 0.3 is 0 Å². The number of rotatable bonds is 5. The number of hydrogen-bond donors (Lipinski definition) is 0. The van der Waals surface area contributed by atoms with Crippen LogP contribution < -0.4 is 0 Å². The predicted molar refractivity (Wildman–Crippen MR) is 67.4 cm³/mol. The number of halogens is 1. The van der Waals surface area contributed by atoms with Crippen molar-refractivity contribution in [3.05, 3.63) is 33.8 Å². The summed E-state index contributed by atoms with van der Waals surface area (Å²) in [7, 11) is 0. The van der Waals surface area contributed by atoms with Gasteiger partial charge < -0.3 is 0 Å². The molecule has 0 bridgehead atoms. The third-order valence-electron chi connectivity index (χ3n) is 2.50. The Morgan fingerprint density at radius 2 is 2.07 bits per heavy atom. The Balaban J connectivity index is 2.62. The zero-order valence-electron chi connectivity index (χ0n) is 9.35. The largest absolute Gasteiger partial charge is 0.294 e. The van der Waals surface area contributed by atoms with E-state index in [2.05, 4.69) is 22.9 Å². The van der Waals surface area contributed by atoms with Gasteiger partial charge in [0.2, 0.25) is 0 Å². The summed E-state index contributed by atoms with van der Waals surface area (Å²) in [5.41, 5.74) is 1.99. The molecule has 82 valence electrons. The van der Waals surface area contributed by atoms with Gasteiger partial charge in [0.05, 0.1) is 0 Å². The summed E-state index contributed by atoms with van der Waals surface area (Å²) in [6, 6.07) is 5.81. The Morgan fingerprint density at radius 1 is 1.33 bits per heavy atom. The van der Waals surface area contributed by atoms with Crippen LogP contribution in [0.2, 0.25) is 0 Å². The predicted octanol–water partition coefficient (Wildman–Crippen LogP) is 4.52. The van der Waals surface area contributed by atoms with Gasteiger partial charge in [0, 0.05) is 16.5 Å². The van der Waals surface area contributed by atoms with E-state index < -0.39 is 0 Å². The van der Waals surface area contributed by atoms with E-state index in [1.54, 1.807) is 0 Å². The Labute approximate surface area is 100 Å². The first-order valence-corrected chi connectivity index (χ1v) is 6.23. The van der Waals surface area contributed by atoms with E-state index in [1.165, 1.54) is 5.56 Å². The van der Waals surface area contributed by atoms with Crippen molar-refractivity contribution in [3.63, 3.8) is 0 Å². The van der Waals surface area contributed by atoms with Gasteiger partial charge in [-0.1, -0.05) is 47.8 Å². The second-order valence-electron chi connectivity index (χ2n) is 3.84. The molecule has 0 heterocycles. The molecule has 0 saturated carbocycles. The maximum atomic E-state index is 11.8. The minimum absolute atomic E-state index is 0.254. The van der Waals surface area contributed by atoms with Crippen molar-refractivity contribution in [2.45, 2.75) is 39.5 Å². The lowest BCUT2D eigenvalue weighted by atomic mass is 10.0. The zero-order chi connectivity index (χ0) is 11.3. The Morgan fingerprint density at radius 3 is 2.67 bits per heavy atom. The normalized spacial score (nSPS) is 10.3. The van der Waals surface area contributed by atoms with Crippen LogP contribution in [0.4, 0.5) is 0 Å². The number of benzene rings is 1. The lowest BCUT2D eigenvalue weighted by Gasteiger charge is -2.03. The average Bonchev–Trinajstić information content (AvgIpc) is 2.22. The molecule has 0 saturated heterocycles. The lowest BCUT2D eigenvalue weighted by molar-refractivity contribution is 0.0979. The summed E-state index contributed by atoms with van der Waals surface area (Å²) in [5.74, 6) is 0.254. The highest BCUT2D eigenvalue weighted by molar-refractivity contribution is 9.10. The van der Waals surface area contributed by atoms with Gasteiger partial charge in [0.15, 0.2) is 5.78 Å². The number of carbonyl (C=O) groups is 1. The van der Waals surface area contributed by atoms with E-state index >= 15 is 0 Å². The first-order valence-electron chi connectivity index (χ1n) is 5.44. The molecule has 0 N–H and O–H groups in total. The molecule has 0 radical (unpaired) electrons. The molecule has 0 spiro atoms. The van der Waals surface area contributed by atoms with Crippen LogP contribution >= 0.6 is 15.9 Å². The minimum Gasteiger partial charge on any atom is -0.294 e. The van der Waals surface area contributed by atoms with Gasteiger partial charge in [0.1, 0.15) is 0 Å². The van der Waals surface area contributed by atoms with Crippen LogP contribution in [0.3, 0.4) is 0 Å². The number of aryl methyl sites for hydroxylation is 1. The highest BCUT2D eigenvalue weighted by atomic mass is 79.9. The second kappa shape index (κ2) is 6.06. The molecule has 1 rings (SSSR count). The average molecular weight is 269 g/mol. The van der Waals surface area contributed by atoms with Crippen LogP contribution in [0.15, 0.2) is 22.7 Å². The summed E-state index contributed by atoms with van der Waals surface area (Å²) in [5, 5.41) is 0. The first kappa shape index (κ1) is 12.4. The minimum atomic E-state index is 0.254. The molecule has 0 atom stereocenters. The lowest BCUT2D eigenvalue weighted by Crippen LogP contribution is -1.99. The van der Waals surface area contributed by atoms with Crippen LogP contribution in [0.5, 0.6) is 0 Å². The summed E-state index contributed by atoms with van der Waals surface area (Å²) < 4.78 is 1.02. The Hall–Kier alpha value is -0.630. The van der Waals surface area contributed by atoms with Gasteiger partial charge in [-0.2, -0.15) is 0 Å². The van der Waals surface area contributed by atoms with Crippen LogP contribution in [-0.4, -0.2) is 5.78 Å². The third kappa shape index (κ3) is 3.78. The molecule has 0 unspecified atom stereocenters. The maximum absolute atomic E-state index is 11.8. The van der Waals surface area contributed by atoms with Crippen molar-refractivity contribution in [3.8, 4) is 0 Å². The van der Waals surface area contributed by atoms with Crippen LogP contribution in [-0.2, 0) is 0 Å². The molecule has 1 aromatic rings. The van der Waals surface area contributed by atoms with Crippen molar-refractivity contribution < 1.29 is 4.79 Å². The standard InChI is InChI=1S/C13H17BrO/c1-3-4-5-6-13(15)11-8-7-10(2)12(14)9-11/h7-9H,3-6H2,1-2H3. The van der Waals surface area contributed by atoms with E-state index in [1.807, 2.05) is 25.1 Å². The number of Topliss-reactive ketones (excluding diaryl/α,β-unsaturated/α-hetero) is 1. The third-order valence-corrected chi connectivity index (χ3v) is 3.36. The second-order valence-corrected chi connectivity index (χ2v) is 4.70.